The van der Waals surface area contributed by atoms with Crippen LogP contribution in [-0.2, 0) is 14.3 Å². The fraction of sp³-hybridized carbons (Fsp3) is 0.467. The van der Waals surface area contributed by atoms with Crippen molar-refractivity contribution >= 4 is 23.4 Å². The summed E-state index contributed by atoms with van der Waals surface area (Å²) in [5.74, 6) is -0.560. The lowest BCUT2D eigenvalue weighted by Crippen LogP contribution is -2.40. The minimum Gasteiger partial charge on any atom is -0.469 e. The van der Waals surface area contributed by atoms with Crippen LogP contribution in [0.15, 0.2) is 24.3 Å². The number of carbonyl (C=O) groups excluding carboxylic acids is 2. The molecule has 2 rings (SSSR count). The van der Waals surface area contributed by atoms with E-state index < -0.39 is 5.92 Å². The molecule has 1 unspecified atom stereocenters. The van der Waals surface area contributed by atoms with E-state index >= 15 is 0 Å². The van der Waals surface area contributed by atoms with Crippen molar-refractivity contribution in [3.05, 3.63) is 34.9 Å². The highest BCUT2D eigenvalue weighted by Crippen LogP contribution is 2.27. The number of ketones is 1. The van der Waals surface area contributed by atoms with E-state index in [4.69, 9.17) is 16.3 Å². The molecule has 108 valence electrons. The zero-order chi connectivity index (χ0) is 14.5. The molecular weight excluding hydrogens is 278 g/mol. The molecule has 0 bridgehead atoms. The molecule has 1 aromatic rings. The Morgan fingerprint density at radius 2 is 2.20 bits per heavy atom. The maximum atomic E-state index is 12.0. The summed E-state index contributed by atoms with van der Waals surface area (Å²) in [7, 11) is 1.37. The Morgan fingerprint density at radius 3 is 2.85 bits per heavy atom. The van der Waals surface area contributed by atoms with E-state index in [1.54, 1.807) is 6.07 Å². The molecule has 0 aromatic heterocycles. The largest absolute Gasteiger partial charge is 0.469 e. The van der Waals surface area contributed by atoms with Crippen LogP contribution >= 0.6 is 11.6 Å². The number of ether oxygens (including phenoxy) is 1. The van der Waals surface area contributed by atoms with Crippen LogP contribution in [0.25, 0.3) is 0 Å². The first-order chi connectivity index (χ1) is 9.61. The number of benzene rings is 1. The van der Waals surface area contributed by atoms with Gasteiger partial charge >= 0.3 is 5.97 Å². The van der Waals surface area contributed by atoms with E-state index in [9.17, 15) is 9.59 Å². The minimum absolute atomic E-state index is 0.221. The van der Waals surface area contributed by atoms with Gasteiger partial charge in [-0.2, -0.15) is 0 Å². The first kappa shape index (κ1) is 15.0. The molecule has 1 aliphatic heterocycles. The molecule has 0 saturated carbocycles. The average molecular weight is 296 g/mol. The number of hydrogen-bond donors (Lipinski definition) is 0. The molecule has 0 N–H and O–H groups in total. The highest BCUT2D eigenvalue weighted by atomic mass is 35.5. The Hall–Kier alpha value is -1.39. The molecule has 5 heteroatoms. The summed E-state index contributed by atoms with van der Waals surface area (Å²) in [6, 6.07) is 7.26. The summed E-state index contributed by atoms with van der Waals surface area (Å²) in [5.41, 5.74) is 0.749. The van der Waals surface area contributed by atoms with Crippen LogP contribution in [0, 0.1) is 0 Å². The van der Waals surface area contributed by atoms with Crippen LogP contribution in [-0.4, -0.2) is 43.4 Å². The lowest BCUT2D eigenvalue weighted by molar-refractivity contribution is -0.143. The molecule has 0 spiro atoms. The summed E-state index contributed by atoms with van der Waals surface area (Å²) in [4.78, 5) is 25.5. The maximum absolute atomic E-state index is 12.0. The summed E-state index contributed by atoms with van der Waals surface area (Å²) < 4.78 is 4.88. The van der Waals surface area contributed by atoms with E-state index in [2.05, 4.69) is 0 Å². The summed E-state index contributed by atoms with van der Waals surface area (Å²) in [6.07, 6.45) is 1.47. The van der Waals surface area contributed by atoms with Crippen molar-refractivity contribution < 1.29 is 14.3 Å². The lowest BCUT2D eigenvalue weighted by atomic mass is 9.97. The number of hydrogen-bond acceptors (Lipinski definition) is 4. The zero-order valence-electron chi connectivity index (χ0n) is 11.5. The molecular formula is C15H18ClNO3. The summed E-state index contributed by atoms with van der Waals surface area (Å²) in [5, 5.41) is 0.547. The number of methoxy groups -OCH3 is 1. The summed E-state index contributed by atoms with van der Waals surface area (Å²) >= 11 is 6.17. The van der Waals surface area contributed by atoms with Gasteiger partial charge in [-0.25, -0.2) is 0 Å². The van der Waals surface area contributed by atoms with Gasteiger partial charge in [0, 0.05) is 18.0 Å². The Morgan fingerprint density at radius 1 is 1.45 bits per heavy atom. The second-order valence-electron chi connectivity index (χ2n) is 4.97. The monoisotopic (exact) mass is 295 g/mol. The van der Waals surface area contributed by atoms with Gasteiger partial charge in [-0.15, -0.1) is 0 Å². The zero-order valence-corrected chi connectivity index (χ0v) is 12.2. The quantitative estimate of drug-likeness (QED) is 0.800. The Bertz CT molecular complexity index is 504. The van der Waals surface area contributed by atoms with Gasteiger partial charge in [-0.1, -0.05) is 29.8 Å². The Labute approximate surface area is 123 Å². The average Bonchev–Trinajstić information content (AvgIpc) is 2.45. The maximum Gasteiger partial charge on any atom is 0.314 e. The number of nitrogens with zero attached hydrogens (tertiary/aromatic N) is 1. The number of carbonyl (C=O) groups is 2. The fourth-order valence-electron chi connectivity index (χ4n) is 2.52. The van der Waals surface area contributed by atoms with Gasteiger partial charge in [0.15, 0.2) is 0 Å². The van der Waals surface area contributed by atoms with E-state index in [0.29, 0.717) is 24.5 Å². The fourth-order valence-corrected chi connectivity index (χ4v) is 2.79. The van der Waals surface area contributed by atoms with Crippen molar-refractivity contribution in [1.29, 1.82) is 0 Å². The van der Waals surface area contributed by atoms with Gasteiger partial charge in [0.05, 0.1) is 19.6 Å². The standard InChI is InChI=1S/C15H18ClNO3/c1-20-15(19)13(12-6-2-3-7-14(12)16)10-17-8-4-5-11(18)9-17/h2-3,6-7,13H,4-5,8-10H2,1H3. The first-order valence-electron chi connectivity index (χ1n) is 6.68. The number of halogens is 1. The molecule has 20 heavy (non-hydrogen) atoms. The van der Waals surface area contributed by atoms with Gasteiger partial charge in [-0.05, 0) is 24.6 Å². The number of esters is 1. The Kier molecular flexibility index (Phi) is 5.15. The van der Waals surface area contributed by atoms with E-state index in [-0.39, 0.29) is 11.8 Å². The van der Waals surface area contributed by atoms with Crippen LogP contribution < -0.4 is 0 Å². The predicted molar refractivity (Wildman–Crippen MR) is 76.9 cm³/mol. The number of rotatable bonds is 4. The third-order valence-electron chi connectivity index (χ3n) is 3.54. The normalized spacial score (nSPS) is 17.8. The SMILES string of the molecule is COC(=O)C(CN1CCCC(=O)C1)c1ccccc1Cl. The highest BCUT2D eigenvalue weighted by Gasteiger charge is 2.28. The molecule has 1 atom stereocenters. The number of likely N-dealkylation sites (tertiary alicyclic amines) is 1. The third kappa shape index (κ3) is 3.58. The summed E-state index contributed by atoms with van der Waals surface area (Å²) in [6.45, 7) is 1.68. The van der Waals surface area contributed by atoms with Crippen LogP contribution in [0.5, 0.6) is 0 Å². The molecule has 4 nitrogen and oxygen atoms in total. The van der Waals surface area contributed by atoms with Crippen molar-refractivity contribution in [1.82, 2.24) is 4.90 Å². The van der Waals surface area contributed by atoms with E-state index in [1.807, 2.05) is 23.1 Å². The van der Waals surface area contributed by atoms with Crippen LogP contribution in [0.4, 0.5) is 0 Å². The van der Waals surface area contributed by atoms with Crippen molar-refractivity contribution in [3.8, 4) is 0 Å². The molecule has 1 fully saturated rings. The van der Waals surface area contributed by atoms with Gasteiger partial charge < -0.3 is 4.74 Å². The van der Waals surface area contributed by atoms with Crippen molar-refractivity contribution in [3.63, 3.8) is 0 Å². The smallest absolute Gasteiger partial charge is 0.314 e. The molecule has 0 amide bonds. The number of piperidine rings is 1. The van der Waals surface area contributed by atoms with Gasteiger partial charge in [0.2, 0.25) is 0 Å². The number of Topliss-reactive ketones (excluding diaryl/α,β-unsaturated/α-hetero) is 1. The third-order valence-corrected chi connectivity index (χ3v) is 3.88. The van der Waals surface area contributed by atoms with Crippen LogP contribution in [0.2, 0.25) is 5.02 Å². The van der Waals surface area contributed by atoms with Crippen molar-refractivity contribution in [2.24, 2.45) is 0 Å². The van der Waals surface area contributed by atoms with E-state index in [0.717, 1.165) is 18.5 Å². The second-order valence-corrected chi connectivity index (χ2v) is 5.38. The van der Waals surface area contributed by atoms with Gasteiger partial charge in [-0.3, -0.25) is 14.5 Å². The molecule has 0 aliphatic carbocycles. The molecule has 0 radical (unpaired) electrons. The van der Waals surface area contributed by atoms with Crippen LogP contribution in [0.3, 0.4) is 0 Å². The Balaban J connectivity index is 2.18. The van der Waals surface area contributed by atoms with Crippen LogP contribution in [0.1, 0.15) is 24.3 Å². The van der Waals surface area contributed by atoms with Crippen molar-refractivity contribution in [2.45, 2.75) is 18.8 Å². The molecule has 1 aromatic carbocycles. The molecule has 1 aliphatic rings. The van der Waals surface area contributed by atoms with E-state index in [1.165, 1.54) is 7.11 Å². The predicted octanol–water partition coefficient (Wildman–Crippen LogP) is 2.26. The highest BCUT2D eigenvalue weighted by molar-refractivity contribution is 6.31. The molecule has 1 saturated heterocycles. The lowest BCUT2D eigenvalue weighted by Gasteiger charge is -2.29. The first-order valence-corrected chi connectivity index (χ1v) is 7.06. The minimum atomic E-state index is -0.459. The molecule has 1 heterocycles. The second kappa shape index (κ2) is 6.86. The van der Waals surface area contributed by atoms with Gasteiger partial charge in [0.25, 0.3) is 0 Å². The van der Waals surface area contributed by atoms with Gasteiger partial charge in [0.1, 0.15) is 5.78 Å². The van der Waals surface area contributed by atoms with Crippen molar-refractivity contribution in [2.75, 3.05) is 26.7 Å². The topological polar surface area (TPSA) is 46.6 Å².